The first-order valence-corrected chi connectivity index (χ1v) is 36.2. The molecule has 0 saturated carbocycles. The molecule has 53 heteroatoms. The van der Waals surface area contributed by atoms with Crippen LogP contribution in [-0.4, -0.2) is 202 Å². The van der Waals surface area contributed by atoms with Gasteiger partial charge >= 0.3 is 42.7 Å². The predicted octanol–water partition coefficient (Wildman–Crippen LogP) is -0.597. The molecule has 5 fully saturated rings. The van der Waals surface area contributed by atoms with E-state index in [2.05, 4.69) is 64.8 Å². The number of nitrogens with two attached hydrogens (primary N) is 3. The molecule has 13 heterocycles. The highest BCUT2D eigenvalue weighted by molar-refractivity contribution is 7.48. The third kappa shape index (κ3) is 15.6. The molecule has 5 aliphatic heterocycles. The first-order valence-electron chi connectivity index (χ1n) is 30.2. The van der Waals surface area contributed by atoms with E-state index in [0.29, 0.717) is 0 Å². The Hall–Kier alpha value is -8.12. The highest BCUT2D eigenvalue weighted by Crippen LogP contribution is 2.55. The molecule has 548 valence electrons. The Kier molecular flexibility index (Phi) is 20.4. The molecule has 13 rings (SSSR count). The molecule has 8 aromatic rings. The zero-order chi connectivity index (χ0) is 72.3. The number of nitrogen functional groups attached to an aromatic ring is 3. The van der Waals surface area contributed by atoms with Crippen LogP contribution >= 0.6 is 31.3 Å². The highest BCUT2D eigenvalue weighted by atomic mass is 31.2. The summed E-state index contributed by atoms with van der Waals surface area (Å²) in [4.78, 5) is 139. The van der Waals surface area contributed by atoms with E-state index in [9.17, 15) is 72.8 Å². The number of anilines is 3. The Morgan fingerprint density at radius 2 is 1.02 bits per heavy atom. The smallest absolute Gasteiger partial charge is 0.394 e. The number of nitrogens with one attached hydrogen (secondary N) is 2. The number of rotatable bonds is 27. The number of azide groups is 1. The molecule has 19 atom stereocenters. The van der Waals surface area contributed by atoms with Gasteiger partial charge in [0.05, 0.1) is 58.1 Å². The number of nitrogens with zero attached hydrogens (tertiary/aromatic N) is 17. The van der Waals surface area contributed by atoms with Crippen molar-refractivity contribution in [2.45, 2.75) is 131 Å². The maximum absolute atomic E-state index is 14.4. The van der Waals surface area contributed by atoms with Gasteiger partial charge in [0.2, 0.25) is 5.95 Å². The van der Waals surface area contributed by atoms with Crippen molar-refractivity contribution in [2.75, 3.05) is 50.2 Å². The average molecular weight is 1510 g/mol. The number of ether oxygens (including phenoxy) is 5. The van der Waals surface area contributed by atoms with E-state index in [4.69, 9.17) is 77.1 Å². The summed E-state index contributed by atoms with van der Waals surface area (Å²) in [6, 6.07) is 1.29. The van der Waals surface area contributed by atoms with Crippen LogP contribution in [0.4, 0.5) is 23.4 Å². The molecule has 8 aromatic heterocycles. The lowest BCUT2D eigenvalue weighted by atomic mass is 10.2. The van der Waals surface area contributed by atoms with Crippen molar-refractivity contribution >= 4 is 88.2 Å². The van der Waals surface area contributed by atoms with Gasteiger partial charge in [0.1, 0.15) is 116 Å². The fourth-order valence-corrected chi connectivity index (χ4v) is 15.7. The Morgan fingerprint density at radius 3 is 1.55 bits per heavy atom. The monoisotopic (exact) mass is 1510 g/mol. The lowest BCUT2D eigenvalue weighted by Gasteiger charge is -2.25. The minimum atomic E-state index is -5.52. The van der Waals surface area contributed by atoms with Gasteiger partial charge in [0.25, 0.3) is 11.1 Å². The summed E-state index contributed by atoms with van der Waals surface area (Å²) >= 11 is 0. The molecule has 5 saturated heterocycles. The summed E-state index contributed by atoms with van der Waals surface area (Å²) in [6.07, 6.45) is -14.9. The summed E-state index contributed by atoms with van der Waals surface area (Å²) in [5.41, 5.74) is 23.6. The van der Waals surface area contributed by atoms with Gasteiger partial charge in [0.15, 0.2) is 34.1 Å². The van der Waals surface area contributed by atoms with Gasteiger partial charge in [-0.2, -0.15) is 9.97 Å². The molecule has 14 N–H and O–H groups in total. The quantitative estimate of drug-likeness (QED) is 0.0133. The lowest BCUT2D eigenvalue weighted by Crippen LogP contribution is -2.33. The number of aromatic amines is 2. The molecular weight excluding hydrogens is 1450 g/mol. The number of aryl methyl sites for hydroxylation is 1. The molecule has 0 aromatic carbocycles. The largest absolute Gasteiger partial charge is 0.472 e. The van der Waals surface area contributed by atoms with E-state index in [1.165, 1.54) is 51.7 Å². The maximum atomic E-state index is 14.4. The lowest BCUT2D eigenvalue weighted by molar-refractivity contribution is -0.0635. The third-order valence-corrected chi connectivity index (χ3v) is 20.7. The zero-order valence-electron chi connectivity index (χ0n) is 52.2. The first-order chi connectivity index (χ1) is 48.5. The van der Waals surface area contributed by atoms with Gasteiger partial charge < -0.3 is 70.7 Å². The fraction of sp³-hybridized carbons (Fsp3) is 0.531. The van der Waals surface area contributed by atoms with Crippen LogP contribution in [0.3, 0.4) is 0 Å². The maximum Gasteiger partial charge on any atom is 0.472 e. The molecule has 5 aliphatic rings. The number of hydrogen-bond acceptors (Lipinski definition) is 36. The van der Waals surface area contributed by atoms with Gasteiger partial charge in [-0.25, -0.2) is 62.7 Å². The minimum Gasteiger partial charge on any atom is -0.394 e. The van der Waals surface area contributed by atoms with Crippen LogP contribution in [0.1, 0.15) is 68.8 Å². The van der Waals surface area contributed by atoms with Gasteiger partial charge in [0, 0.05) is 55.0 Å². The Bertz CT molecular complexity index is 4990. The Balaban J connectivity index is 0.719. The number of hydrogen-bond donors (Lipinski definition) is 11. The van der Waals surface area contributed by atoms with Crippen molar-refractivity contribution in [1.29, 1.82) is 0 Å². The first kappa shape index (κ1) is 72.2. The van der Waals surface area contributed by atoms with Crippen molar-refractivity contribution in [3.63, 3.8) is 0 Å². The standard InChI is InChI=1S/C49H60N22O27P4/c1-20-9-68(49(77)64-45(20)74)32-4-21(73)27(91-32)11-86-99(78,79)96-23-6-34(69-17-58-37-40(51)54-15-56-42(37)69)92-28(23)12-88-101(82,83)97-24-7-35(70-18-59-38-41(65-66-53)55-16-57-43(38)70)93-29(24)13-89-102(84,85)98-25-8-36(71-19-60-39-44(71)62-47(52)63-46(39)75)94-30(25)14-87-100(80,81)95-22-5-33(90-26(22)10-72)67-3-2-31(50)61-48(67)76/h2-3,9,15-19,21-30,32-36,72-73H,4-8,10-14H2,1H3,(H,78,79)(H,80,81)(H,82,83)(H,84,85)(H2,50,61,76)(H2,51,54,56)(H,64,74,77)(H3,52,62,63,75)/t21-,22-,23-,24-,25-,26+,27+,28+,29+,30+,32+,33+,34+,35+,36+/m0/s1. The van der Waals surface area contributed by atoms with E-state index in [0.717, 1.165) is 28.1 Å². The molecule has 102 heavy (non-hydrogen) atoms. The van der Waals surface area contributed by atoms with Gasteiger partial charge in [-0.3, -0.25) is 78.6 Å². The average Bonchev–Trinajstić information content (AvgIpc) is 1.63. The molecule has 4 unspecified atom stereocenters. The molecule has 0 aliphatic carbocycles. The number of aliphatic hydroxyl groups is 2. The molecule has 49 nitrogen and oxygen atoms in total. The number of aromatic nitrogens is 16. The van der Waals surface area contributed by atoms with E-state index < -0.39 is 192 Å². The second kappa shape index (κ2) is 28.8. The fourth-order valence-electron chi connectivity index (χ4n) is 11.9. The van der Waals surface area contributed by atoms with Gasteiger partial charge in [-0.05, 0) is 23.6 Å². The summed E-state index contributed by atoms with van der Waals surface area (Å²) < 4.78 is 136. The summed E-state index contributed by atoms with van der Waals surface area (Å²) in [7, 11) is -21.5. The van der Waals surface area contributed by atoms with Crippen LogP contribution in [0.25, 0.3) is 43.9 Å². The van der Waals surface area contributed by atoms with E-state index in [1.54, 1.807) is 0 Å². The normalized spacial score (nSPS) is 29.1. The number of imidazole rings is 3. The second-order valence-corrected chi connectivity index (χ2v) is 28.9. The van der Waals surface area contributed by atoms with Crippen LogP contribution in [0.2, 0.25) is 0 Å². The van der Waals surface area contributed by atoms with Crippen LogP contribution in [-0.2, 0) is 78.1 Å². The van der Waals surface area contributed by atoms with Crippen LogP contribution in [0.5, 0.6) is 0 Å². The second-order valence-electron chi connectivity index (χ2n) is 23.3. The number of fused-ring (bicyclic) bond motifs is 3. The van der Waals surface area contributed by atoms with Crippen molar-refractivity contribution in [2.24, 2.45) is 5.11 Å². The third-order valence-electron chi connectivity index (χ3n) is 16.7. The van der Waals surface area contributed by atoms with E-state index in [1.807, 2.05) is 0 Å². The Morgan fingerprint density at radius 1 is 0.569 bits per heavy atom. The zero-order valence-corrected chi connectivity index (χ0v) is 55.8. The molecule has 0 amide bonds. The highest BCUT2D eigenvalue weighted by Gasteiger charge is 2.50. The molecule has 0 spiro atoms. The van der Waals surface area contributed by atoms with Crippen molar-refractivity contribution in [1.82, 2.24) is 77.7 Å². The van der Waals surface area contributed by atoms with E-state index >= 15 is 0 Å². The predicted molar refractivity (Wildman–Crippen MR) is 334 cm³/mol. The summed E-state index contributed by atoms with van der Waals surface area (Å²) in [5.74, 6) is -0.680. The van der Waals surface area contributed by atoms with Crippen molar-refractivity contribution in [3.8, 4) is 0 Å². The number of phosphoric ester groups is 4. The minimum absolute atomic E-state index is 0.00767. The topological polar surface area (TPSA) is 677 Å². The SMILES string of the molecule is Cc1cn([C@H]2C[C@H](O)[C@@H](COP(=O)(O)O[C@H]3C[C@H](n4cnc5c(N)ncnc54)O[C@@H]3COP(=O)(O)O[C@H]3C[C@H](n4cnc5c(N=[N+]=[N-])ncnc54)O[C@@H]3COP(=O)(O)O[C@H]3C[C@H](n4cnc5c(=O)[nH]c(N)nc54)O[C@@H]3COP(=O)(O)O[C@H]3C[C@H](n4ccc(N)nc4=O)O[C@@H]3CO)O2)c(=O)[nH]c1=O. The van der Waals surface area contributed by atoms with E-state index in [-0.39, 0.29) is 81.7 Å². The van der Waals surface area contributed by atoms with Crippen LogP contribution < -0.4 is 39.7 Å². The number of phosphoric acid groups is 4. The molecule has 0 bridgehead atoms. The summed E-state index contributed by atoms with van der Waals surface area (Å²) in [5, 5.41) is 24.5. The number of aliphatic hydroxyl groups excluding tert-OH is 2. The van der Waals surface area contributed by atoms with Crippen molar-refractivity contribution < 1.29 is 108 Å². The number of H-pyrrole nitrogens is 2. The van der Waals surface area contributed by atoms with Gasteiger partial charge in [-0.1, -0.05) is 0 Å². The van der Waals surface area contributed by atoms with Crippen molar-refractivity contribution in [3.05, 3.63) is 108 Å². The molecule has 0 radical (unpaired) electrons. The molecular formula is C49H60N22O27P4. The summed E-state index contributed by atoms with van der Waals surface area (Å²) in [6.45, 7) is -3.11. The Labute approximate surface area is 566 Å². The van der Waals surface area contributed by atoms with Crippen LogP contribution in [0.15, 0.2) is 74.4 Å². The van der Waals surface area contributed by atoms with Gasteiger partial charge in [-0.15, -0.1) is 0 Å². The van der Waals surface area contributed by atoms with Crippen LogP contribution in [0, 0.1) is 6.92 Å².